The Morgan fingerprint density at radius 3 is 2.35 bits per heavy atom. The van der Waals surface area contributed by atoms with Crippen LogP contribution in [0.25, 0.3) is 0 Å². The third-order valence-electron chi connectivity index (χ3n) is 4.54. The van der Waals surface area contributed by atoms with E-state index in [-0.39, 0.29) is 0 Å². The third-order valence-corrected chi connectivity index (χ3v) is 4.54. The van der Waals surface area contributed by atoms with E-state index in [2.05, 4.69) is 37.3 Å². The highest BCUT2D eigenvalue weighted by atomic mass is 16.5. The Morgan fingerprint density at radius 2 is 1.71 bits per heavy atom. The summed E-state index contributed by atoms with van der Waals surface area (Å²) in [6.45, 7) is 2.36. The van der Waals surface area contributed by atoms with Gasteiger partial charge in [-0.2, -0.15) is 0 Å². The predicted molar refractivity (Wildman–Crippen MR) is 69.8 cm³/mol. The number of benzene rings is 1. The largest absolute Gasteiger partial charge is 0.369 e. The van der Waals surface area contributed by atoms with Gasteiger partial charge in [-0.05, 0) is 24.3 Å². The highest BCUT2D eigenvalue weighted by Crippen LogP contribution is 2.47. The summed E-state index contributed by atoms with van der Waals surface area (Å²) in [4.78, 5) is 0. The van der Waals surface area contributed by atoms with Crippen molar-refractivity contribution in [3.63, 3.8) is 0 Å². The number of rotatable bonds is 2. The lowest BCUT2D eigenvalue weighted by Crippen LogP contribution is -2.46. The van der Waals surface area contributed by atoms with Crippen molar-refractivity contribution in [2.24, 2.45) is 11.8 Å². The molecular formula is C16H22O. The molecule has 0 radical (unpaired) electrons. The summed E-state index contributed by atoms with van der Waals surface area (Å²) in [7, 11) is 0. The average molecular weight is 230 g/mol. The number of hydrogen-bond donors (Lipinski definition) is 0. The standard InChI is InChI=1S/C16H22O/c1-12-15(13-8-4-2-5-9-13)17-16(12)14-10-6-3-7-11-14/h2,4-5,8-9,12,14-16H,3,6-7,10-11H2,1H3/t12-,15+,16+/m1/s1. The van der Waals surface area contributed by atoms with E-state index in [4.69, 9.17) is 4.74 Å². The van der Waals surface area contributed by atoms with Gasteiger partial charge in [-0.3, -0.25) is 0 Å². The second kappa shape index (κ2) is 4.81. The molecule has 0 amide bonds. The molecule has 2 fully saturated rings. The molecule has 1 aliphatic heterocycles. The van der Waals surface area contributed by atoms with Gasteiger partial charge in [-0.15, -0.1) is 0 Å². The van der Waals surface area contributed by atoms with Crippen LogP contribution in [0.3, 0.4) is 0 Å². The Kier molecular flexibility index (Phi) is 3.19. The maximum Gasteiger partial charge on any atom is 0.0879 e. The smallest absolute Gasteiger partial charge is 0.0879 e. The van der Waals surface area contributed by atoms with Crippen LogP contribution in [0, 0.1) is 11.8 Å². The van der Waals surface area contributed by atoms with Crippen LogP contribution in [0.1, 0.15) is 50.7 Å². The number of ether oxygens (including phenoxy) is 1. The fraction of sp³-hybridized carbons (Fsp3) is 0.625. The first-order valence-corrected chi connectivity index (χ1v) is 7.06. The van der Waals surface area contributed by atoms with Gasteiger partial charge in [-0.25, -0.2) is 0 Å². The lowest BCUT2D eigenvalue weighted by atomic mass is 9.74. The summed E-state index contributed by atoms with van der Waals surface area (Å²) in [6, 6.07) is 10.7. The van der Waals surface area contributed by atoms with Crippen molar-refractivity contribution in [1.29, 1.82) is 0 Å². The fourth-order valence-corrected chi connectivity index (χ4v) is 3.53. The van der Waals surface area contributed by atoms with E-state index < -0.39 is 0 Å². The van der Waals surface area contributed by atoms with E-state index in [1.54, 1.807) is 0 Å². The van der Waals surface area contributed by atoms with Crippen LogP contribution < -0.4 is 0 Å². The summed E-state index contributed by atoms with van der Waals surface area (Å²) < 4.78 is 6.18. The molecule has 1 nitrogen and oxygen atoms in total. The van der Waals surface area contributed by atoms with Crippen LogP contribution >= 0.6 is 0 Å². The van der Waals surface area contributed by atoms with Crippen molar-refractivity contribution in [2.75, 3.05) is 0 Å². The van der Waals surface area contributed by atoms with Crippen LogP contribution in [0.2, 0.25) is 0 Å². The molecule has 1 heterocycles. The van der Waals surface area contributed by atoms with Gasteiger partial charge in [0, 0.05) is 5.92 Å². The lowest BCUT2D eigenvalue weighted by Gasteiger charge is -2.48. The first-order valence-electron chi connectivity index (χ1n) is 7.06. The molecule has 0 N–H and O–H groups in total. The Morgan fingerprint density at radius 1 is 1.00 bits per heavy atom. The van der Waals surface area contributed by atoms with Gasteiger partial charge in [0.25, 0.3) is 0 Å². The Balaban J connectivity index is 1.63. The highest BCUT2D eigenvalue weighted by molar-refractivity contribution is 5.20. The molecule has 3 atom stereocenters. The van der Waals surface area contributed by atoms with Gasteiger partial charge in [0.15, 0.2) is 0 Å². The van der Waals surface area contributed by atoms with E-state index in [0.29, 0.717) is 18.1 Å². The Hall–Kier alpha value is -0.820. The molecule has 1 aliphatic carbocycles. The van der Waals surface area contributed by atoms with Crippen molar-refractivity contribution < 1.29 is 4.74 Å². The highest BCUT2D eigenvalue weighted by Gasteiger charge is 2.43. The van der Waals surface area contributed by atoms with Crippen LogP contribution in [0.15, 0.2) is 30.3 Å². The summed E-state index contributed by atoms with van der Waals surface area (Å²) in [5, 5.41) is 0. The van der Waals surface area contributed by atoms with Gasteiger partial charge < -0.3 is 4.74 Å². The van der Waals surface area contributed by atoms with E-state index in [9.17, 15) is 0 Å². The maximum absolute atomic E-state index is 6.18. The minimum atomic E-state index is 0.350. The second-order valence-electron chi connectivity index (χ2n) is 5.69. The average Bonchev–Trinajstić information content (AvgIpc) is 2.40. The molecule has 0 bridgehead atoms. The molecule has 92 valence electrons. The molecule has 1 saturated heterocycles. The zero-order chi connectivity index (χ0) is 11.7. The first kappa shape index (κ1) is 11.3. The normalized spacial score (nSPS) is 34.3. The van der Waals surface area contributed by atoms with Gasteiger partial charge in [0.1, 0.15) is 0 Å². The van der Waals surface area contributed by atoms with Crippen LogP contribution in [-0.4, -0.2) is 6.10 Å². The van der Waals surface area contributed by atoms with Crippen molar-refractivity contribution >= 4 is 0 Å². The van der Waals surface area contributed by atoms with E-state index >= 15 is 0 Å². The predicted octanol–water partition coefficient (Wildman–Crippen LogP) is 4.34. The van der Waals surface area contributed by atoms with Crippen molar-refractivity contribution in [3.05, 3.63) is 35.9 Å². The van der Waals surface area contributed by atoms with Gasteiger partial charge >= 0.3 is 0 Å². The summed E-state index contributed by atoms with van der Waals surface area (Å²) in [5.74, 6) is 1.53. The quantitative estimate of drug-likeness (QED) is 0.734. The molecule has 17 heavy (non-hydrogen) atoms. The molecule has 1 aromatic rings. The summed E-state index contributed by atoms with van der Waals surface area (Å²) in [5.41, 5.74) is 1.35. The van der Waals surface area contributed by atoms with Gasteiger partial charge in [0.05, 0.1) is 12.2 Å². The molecule has 0 spiro atoms. The first-order chi connectivity index (χ1) is 8.36. The molecule has 1 heteroatoms. The second-order valence-corrected chi connectivity index (χ2v) is 5.69. The van der Waals surface area contributed by atoms with Crippen LogP contribution in [-0.2, 0) is 4.74 Å². The van der Waals surface area contributed by atoms with Crippen molar-refractivity contribution in [2.45, 2.75) is 51.2 Å². The zero-order valence-electron chi connectivity index (χ0n) is 10.6. The SMILES string of the molecule is C[C@@H]1[C@@H](c2ccccc2)O[C@@H]1C1CCCCC1. The topological polar surface area (TPSA) is 9.23 Å². The summed E-state index contributed by atoms with van der Waals surface area (Å²) >= 11 is 0. The van der Waals surface area contributed by atoms with Gasteiger partial charge in [0.2, 0.25) is 0 Å². The molecule has 0 unspecified atom stereocenters. The van der Waals surface area contributed by atoms with Crippen LogP contribution in [0.5, 0.6) is 0 Å². The Bertz CT molecular complexity index is 353. The molecule has 1 saturated carbocycles. The van der Waals surface area contributed by atoms with Crippen molar-refractivity contribution in [1.82, 2.24) is 0 Å². The van der Waals surface area contributed by atoms with Crippen molar-refractivity contribution in [3.8, 4) is 0 Å². The van der Waals surface area contributed by atoms with Crippen LogP contribution in [0.4, 0.5) is 0 Å². The molecular weight excluding hydrogens is 208 g/mol. The minimum absolute atomic E-state index is 0.350. The Labute approximate surface area is 104 Å². The maximum atomic E-state index is 6.18. The third kappa shape index (κ3) is 2.13. The molecule has 3 rings (SSSR count). The van der Waals surface area contributed by atoms with E-state index in [1.807, 2.05) is 0 Å². The number of hydrogen-bond acceptors (Lipinski definition) is 1. The minimum Gasteiger partial charge on any atom is -0.369 e. The lowest BCUT2D eigenvalue weighted by molar-refractivity contribution is -0.208. The molecule has 2 aliphatic rings. The molecule has 0 aromatic heterocycles. The van der Waals surface area contributed by atoms with Gasteiger partial charge in [-0.1, -0.05) is 56.5 Å². The van der Waals surface area contributed by atoms with E-state index in [0.717, 1.165) is 5.92 Å². The monoisotopic (exact) mass is 230 g/mol. The van der Waals surface area contributed by atoms with E-state index in [1.165, 1.54) is 37.7 Å². The molecule has 1 aromatic carbocycles. The summed E-state index contributed by atoms with van der Waals surface area (Å²) in [6.07, 6.45) is 7.90. The zero-order valence-corrected chi connectivity index (χ0v) is 10.6. The fourth-order valence-electron chi connectivity index (χ4n) is 3.53.